The predicted molar refractivity (Wildman–Crippen MR) is 29.5 cm³/mol. The van der Waals surface area contributed by atoms with Crippen LogP contribution in [0.2, 0.25) is 0 Å². The molecule has 0 saturated carbocycles. The highest BCUT2D eigenvalue weighted by Gasteiger charge is 1.86. The van der Waals surface area contributed by atoms with Gasteiger partial charge in [0.1, 0.15) is 6.67 Å². The summed E-state index contributed by atoms with van der Waals surface area (Å²) in [6.07, 6.45) is 0. The van der Waals surface area contributed by atoms with Gasteiger partial charge in [0.2, 0.25) is 0 Å². The number of hydrogen-bond donors (Lipinski definition) is 0. The highest BCUT2D eigenvalue weighted by molar-refractivity contribution is 14.1. The van der Waals surface area contributed by atoms with E-state index in [0.29, 0.717) is 0 Å². The Morgan fingerprint density at radius 3 is 2.20 bits per heavy atom. The first kappa shape index (κ1) is 5.66. The van der Waals surface area contributed by atoms with Crippen molar-refractivity contribution in [3.8, 4) is 0 Å². The summed E-state index contributed by atoms with van der Waals surface area (Å²) in [7, 11) is 0. The zero-order chi connectivity index (χ0) is 4.28. The molecule has 0 aromatic heterocycles. The Morgan fingerprint density at radius 2 is 2.20 bits per heavy atom. The number of halogens is 2. The maximum atomic E-state index is 11.1. The number of hydrogen-bond acceptors (Lipinski definition) is 0. The van der Waals surface area contributed by atoms with Gasteiger partial charge in [-0.2, -0.15) is 0 Å². The van der Waals surface area contributed by atoms with E-state index in [-0.39, 0.29) is 10.6 Å². The van der Waals surface area contributed by atoms with E-state index in [1.807, 2.05) is 29.5 Å². The average Bonchev–Trinajstić information content (AvgIpc) is 1.38. The van der Waals surface area contributed by atoms with Crippen LogP contribution in [0.25, 0.3) is 0 Å². The molecule has 0 heterocycles. The van der Waals surface area contributed by atoms with Crippen molar-refractivity contribution in [3.63, 3.8) is 0 Å². The molecule has 0 unspecified atom stereocenters. The minimum Gasteiger partial charge on any atom is -0.250 e. The zero-order valence-electron chi connectivity index (χ0n) is 3.04. The molecule has 0 radical (unpaired) electrons. The summed E-state index contributed by atoms with van der Waals surface area (Å²) in [5, 5.41) is 0. The Labute approximate surface area is 44.9 Å². The molecule has 1 atom stereocenters. The molecule has 0 rings (SSSR count). The Morgan fingerprint density at radius 1 is 2.00 bits per heavy atom. The predicted octanol–water partition coefficient (Wildman–Crippen LogP) is 1.78. The molecule has 0 aromatic rings. The van der Waals surface area contributed by atoms with Gasteiger partial charge in [-0.1, -0.05) is 29.5 Å². The second kappa shape index (κ2) is 2.87. The third kappa shape index (κ3) is 4.66. The quantitative estimate of drug-likeness (QED) is 0.434. The lowest BCUT2D eigenvalue weighted by atomic mass is 10.6. The van der Waals surface area contributed by atoms with Crippen molar-refractivity contribution in [1.29, 1.82) is 0 Å². The molecule has 0 saturated heterocycles. The monoisotopic (exact) mass is 188 g/mol. The maximum Gasteiger partial charge on any atom is 0.101 e. The molecule has 5 heavy (non-hydrogen) atoms. The minimum atomic E-state index is -0.208. The summed E-state index contributed by atoms with van der Waals surface area (Å²) in [6.45, 7) is 1.63. The van der Waals surface area contributed by atoms with Crippen molar-refractivity contribution in [2.24, 2.45) is 0 Å². The van der Waals surface area contributed by atoms with Gasteiger partial charge in [-0.25, -0.2) is 4.39 Å². The molecule has 0 N–H and O–H groups in total. The third-order valence-corrected chi connectivity index (χ3v) is 0.546. The topological polar surface area (TPSA) is 0 Å². The molecular weight excluding hydrogens is 182 g/mol. The lowest BCUT2D eigenvalue weighted by Gasteiger charge is -1.84. The smallest absolute Gasteiger partial charge is 0.101 e. The number of alkyl halides is 2. The van der Waals surface area contributed by atoms with Crippen LogP contribution in [0.4, 0.5) is 4.39 Å². The Balaban J connectivity index is 2.54. The van der Waals surface area contributed by atoms with Crippen LogP contribution in [-0.4, -0.2) is 10.6 Å². The number of rotatable bonds is 1. The first-order valence-electron chi connectivity index (χ1n) is 1.47. The van der Waals surface area contributed by atoms with E-state index in [1.54, 1.807) is 0 Å². The van der Waals surface area contributed by atoms with Gasteiger partial charge >= 0.3 is 0 Å². The van der Waals surface area contributed by atoms with E-state index in [1.165, 1.54) is 0 Å². The van der Waals surface area contributed by atoms with E-state index in [2.05, 4.69) is 0 Å². The van der Waals surface area contributed by atoms with Crippen LogP contribution in [0, 0.1) is 0 Å². The van der Waals surface area contributed by atoms with Gasteiger partial charge in [0, 0.05) is 3.92 Å². The lowest BCUT2D eigenvalue weighted by Crippen LogP contribution is -1.87. The first-order valence-corrected chi connectivity index (χ1v) is 2.72. The highest BCUT2D eigenvalue weighted by Crippen LogP contribution is 1.95. The first-order chi connectivity index (χ1) is 2.27. The van der Waals surface area contributed by atoms with Gasteiger partial charge in [-0.15, -0.1) is 0 Å². The van der Waals surface area contributed by atoms with Crippen molar-refractivity contribution in [3.05, 3.63) is 0 Å². The summed E-state index contributed by atoms with van der Waals surface area (Å²) >= 11 is 2.03. The largest absolute Gasteiger partial charge is 0.250 e. The molecule has 0 bridgehead atoms. The van der Waals surface area contributed by atoms with Crippen molar-refractivity contribution < 1.29 is 4.39 Å². The van der Waals surface area contributed by atoms with Gasteiger partial charge in [0.05, 0.1) is 0 Å². The second-order valence-electron chi connectivity index (χ2n) is 0.935. The fraction of sp³-hybridized carbons (Fsp3) is 1.00. The zero-order valence-corrected chi connectivity index (χ0v) is 5.20. The fourth-order valence-corrected chi connectivity index (χ4v) is 0. The third-order valence-electron chi connectivity index (χ3n) is 0.213. The Kier molecular flexibility index (Phi) is 3.25. The van der Waals surface area contributed by atoms with Gasteiger partial charge in [-0.05, 0) is 0 Å². The molecule has 32 valence electrons. The molecule has 0 fully saturated rings. The molecule has 0 spiro atoms. The molecule has 0 nitrogen and oxygen atoms in total. The molecule has 0 aliphatic carbocycles. The standard InChI is InChI=1S/C3H6FI/c1-3(5)2-4/h3H,2H2,1H3/t3-/m0/s1. The lowest BCUT2D eigenvalue weighted by molar-refractivity contribution is 0.502. The van der Waals surface area contributed by atoms with Gasteiger partial charge in [0.15, 0.2) is 0 Å². The summed E-state index contributed by atoms with van der Waals surface area (Å²) < 4.78 is 11.3. The van der Waals surface area contributed by atoms with Crippen LogP contribution in [0.3, 0.4) is 0 Å². The van der Waals surface area contributed by atoms with Crippen LogP contribution in [0.5, 0.6) is 0 Å². The summed E-state index contributed by atoms with van der Waals surface area (Å²) in [5.74, 6) is 0. The summed E-state index contributed by atoms with van der Waals surface area (Å²) in [6, 6.07) is 0. The fourth-order valence-electron chi connectivity index (χ4n) is 0. The van der Waals surface area contributed by atoms with Crippen molar-refractivity contribution >= 4 is 22.6 Å². The maximum absolute atomic E-state index is 11.1. The second-order valence-corrected chi connectivity index (χ2v) is 3.06. The van der Waals surface area contributed by atoms with Gasteiger partial charge in [0.25, 0.3) is 0 Å². The van der Waals surface area contributed by atoms with E-state index in [0.717, 1.165) is 0 Å². The van der Waals surface area contributed by atoms with Crippen LogP contribution in [0.1, 0.15) is 6.92 Å². The van der Waals surface area contributed by atoms with Crippen LogP contribution in [0.15, 0.2) is 0 Å². The van der Waals surface area contributed by atoms with Crippen molar-refractivity contribution in [1.82, 2.24) is 0 Å². The van der Waals surface area contributed by atoms with E-state index < -0.39 is 0 Å². The molecule has 2 heteroatoms. The summed E-state index contributed by atoms with van der Waals surface area (Å²) in [5.41, 5.74) is 0. The van der Waals surface area contributed by atoms with Gasteiger partial charge in [-0.3, -0.25) is 0 Å². The Bertz CT molecular complexity index is 20.9. The average molecular weight is 188 g/mol. The van der Waals surface area contributed by atoms with Gasteiger partial charge < -0.3 is 0 Å². The van der Waals surface area contributed by atoms with Crippen LogP contribution in [-0.2, 0) is 0 Å². The minimum absolute atomic E-state index is 0.188. The molecule has 0 aliphatic rings. The van der Waals surface area contributed by atoms with E-state index in [9.17, 15) is 4.39 Å². The molecular formula is C3H6FI. The Hall–Kier alpha value is 0.660. The highest BCUT2D eigenvalue weighted by atomic mass is 127. The van der Waals surface area contributed by atoms with E-state index >= 15 is 0 Å². The van der Waals surface area contributed by atoms with E-state index in [4.69, 9.17) is 0 Å². The molecule has 0 amide bonds. The summed E-state index contributed by atoms with van der Waals surface area (Å²) in [4.78, 5) is 0. The SMILES string of the molecule is C[C@H](I)CF. The normalized spacial score (nSPS) is 15.0. The molecule has 0 aliphatic heterocycles. The van der Waals surface area contributed by atoms with Crippen molar-refractivity contribution in [2.75, 3.05) is 6.67 Å². The molecule has 0 aromatic carbocycles. The van der Waals surface area contributed by atoms with Crippen LogP contribution >= 0.6 is 22.6 Å². The van der Waals surface area contributed by atoms with Crippen LogP contribution < -0.4 is 0 Å². The van der Waals surface area contributed by atoms with Crippen molar-refractivity contribution in [2.45, 2.75) is 10.8 Å².